The minimum Gasteiger partial charge on any atom is 1.00 e. The van der Waals surface area contributed by atoms with Gasteiger partial charge in [0.05, 0.1) is 0 Å². The van der Waals surface area contributed by atoms with Crippen LogP contribution in [-0.2, 0) is 32.1 Å². The van der Waals surface area contributed by atoms with Crippen molar-refractivity contribution in [1.82, 2.24) is 0 Å². The Labute approximate surface area is 173 Å². The van der Waals surface area contributed by atoms with Crippen LogP contribution in [0.3, 0.4) is 0 Å². The third-order valence-corrected chi connectivity index (χ3v) is 0. The molecule has 1 radical (unpaired) electrons. The van der Waals surface area contributed by atoms with Crippen LogP contribution in [0.4, 0.5) is 0 Å². The second-order valence-corrected chi connectivity index (χ2v) is 4.24. The molecule has 0 fully saturated rings. The monoisotopic (exact) mass is 425 g/mol. The standard InChI is InChI=1S/Co.2K.2H2O4Se/c;;;2*1-5(2,3)4/h;;;2*(H2,1,2,3,4)/q+2;2*+1;;/p-4. The van der Waals surface area contributed by atoms with Crippen LogP contribution in [0, 0.1) is 0 Å². The van der Waals surface area contributed by atoms with E-state index in [2.05, 4.69) is 0 Å². The van der Waals surface area contributed by atoms with Crippen LogP contribution >= 0.6 is 0 Å². The average molecular weight is 423 g/mol. The summed E-state index contributed by atoms with van der Waals surface area (Å²) in [6.45, 7) is 0. The van der Waals surface area contributed by atoms with Crippen LogP contribution in [0.25, 0.3) is 0 Å². The predicted octanol–water partition coefficient (Wildman–Crippen LogP) is -12.0. The van der Waals surface area contributed by atoms with E-state index in [1.807, 2.05) is 0 Å². The topological polar surface area (TPSA) is 161 Å². The summed E-state index contributed by atoms with van der Waals surface area (Å²) in [7, 11) is 0. The summed E-state index contributed by atoms with van der Waals surface area (Å²) in [6, 6.07) is 0. The first-order valence-corrected chi connectivity index (χ1v) is 6.93. The molecule has 0 atom stereocenters. The molecule has 0 aliphatic carbocycles. The van der Waals surface area contributed by atoms with Gasteiger partial charge >= 0.3 is 178 Å². The van der Waals surface area contributed by atoms with Gasteiger partial charge in [-0.2, -0.15) is 0 Å². The van der Waals surface area contributed by atoms with Gasteiger partial charge in [-0.25, -0.2) is 0 Å². The molecule has 0 saturated carbocycles. The minimum absolute atomic E-state index is 0. The number of rotatable bonds is 0. The summed E-state index contributed by atoms with van der Waals surface area (Å²) in [5.41, 5.74) is 0. The van der Waals surface area contributed by atoms with E-state index in [4.69, 9.17) is 32.1 Å². The Bertz CT molecular complexity index is 217. The van der Waals surface area contributed by atoms with E-state index in [0.29, 0.717) is 0 Å². The summed E-state index contributed by atoms with van der Waals surface area (Å²) >= 11 is -11.5. The molecule has 0 N–H and O–H groups in total. The van der Waals surface area contributed by atoms with Crippen molar-refractivity contribution in [3.63, 3.8) is 0 Å². The molecule has 0 bridgehead atoms. The van der Waals surface area contributed by atoms with Crippen LogP contribution < -0.4 is 120 Å². The quantitative estimate of drug-likeness (QED) is 0.347. The van der Waals surface area contributed by atoms with Crippen molar-refractivity contribution >= 4 is 26.7 Å². The van der Waals surface area contributed by atoms with Crippen molar-refractivity contribution in [2.75, 3.05) is 0 Å². The van der Waals surface area contributed by atoms with E-state index in [1.54, 1.807) is 0 Å². The van der Waals surface area contributed by atoms with Crippen molar-refractivity contribution in [2.45, 2.75) is 0 Å². The molecule has 0 aromatic heterocycles. The zero-order valence-electron chi connectivity index (χ0n) is 6.42. The van der Waals surface area contributed by atoms with Crippen molar-refractivity contribution in [1.29, 1.82) is 0 Å². The van der Waals surface area contributed by atoms with Crippen molar-refractivity contribution in [2.24, 2.45) is 0 Å². The molecule has 0 amide bonds. The smallest absolute Gasteiger partial charge is 1.00 e. The first-order valence-electron chi connectivity index (χ1n) is 1.33. The Kier molecular flexibility index (Phi) is 32.3. The molecule has 0 unspecified atom stereocenters. The Morgan fingerprint density at radius 3 is 0.615 bits per heavy atom. The maximum Gasteiger partial charge on any atom is 2.00 e. The van der Waals surface area contributed by atoms with Gasteiger partial charge in [-0.1, -0.05) is 0 Å². The number of hydrogen-bond acceptors (Lipinski definition) is 8. The van der Waals surface area contributed by atoms with Crippen LogP contribution in [0.5, 0.6) is 0 Å². The molecule has 8 nitrogen and oxygen atoms in total. The van der Waals surface area contributed by atoms with E-state index in [0.717, 1.165) is 0 Å². The fourth-order valence-electron chi connectivity index (χ4n) is 0. The summed E-state index contributed by atoms with van der Waals surface area (Å²) < 4.78 is 68.8. The Balaban J connectivity index is -0.0000000267. The molecule has 13 heavy (non-hydrogen) atoms. The van der Waals surface area contributed by atoms with Crippen molar-refractivity contribution in [3.8, 4) is 0 Å². The predicted molar refractivity (Wildman–Crippen MR) is 14.3 cm³/mol. The summed E-state index contributed by atoms with van der Waals surface area (Å²) in [5, 5.41) is 0. The van der Waals surface area contributed by atoms with Gasteiger partial charge in [0.15, 0.2) is 0 Å². The Hall–Kier alpha value is 3.86. The fraction of sp³-hybridized carbons (Fsp3) is 0. The van der Waals surface area contributed by atoms with Crippen molar-refractivity contribution in [3.05, 3.63) is 0 Å². The molecule has 13 heteroatoms. The van der Waals surface area contributed by atoms with Gasteiger partial charge in [-0.15, -0.1) is 0 Å². The van der Waals surface area contributed by atoms with Gasteiger partial charge in [0.2, 0.25) is 0 Å². The zero-order chi connectivity index (χ0) is 9.00. The molecule has 0 aliphatic heterocycles. The average Bonchev–Trinajstić information content (AvgIpc) is 1.12. The van der Waals surface area contributed by atoms with Gasteiger partial charge in [-0.3, -0.25) is 0 Å². The zero-order valence-corrected chi connectivity index (χ0v) is 17.1. The largest absolute Gasteiger partial charge is 2.00 e. The number of hydrogen-bond donors (Lipinski definition) is 0. The normalized spacial score (nSPS) is 8.92. The van der Waals surface area contributed by atoms with Gasteiger partial charge in [-0.05, 0) is 0 Å². The molecule has 0 spiro atoms. The second kappa shape index (κ2) is 13.9. The first kappa shape index (κ1) is 30.1. The molecule has 0 heterocycles. The molecule has 0 rings (SSSR count). The van der Waals surface area contributed by atoms with Crippen LogP contribution in [0.15, 0.2) is 0 Å². The van der Waals surface area contributed by atoms with Gasteiger partial charge in [0, 0.05) is 0 Å². The van der Waals surface area contributed by atoms with E-state index < -0.39 is 26.7 Å². The molecular formula is CoK2O8Se2. The van der Waals surface area contributed by atoms with E-state index in [1.165, 1.54) is 0 Å². The molecule has 0 saturated heterocycles. The third-order valence-electron chi connectivity index (χ3n) is 0. The summed E-state index contributed by atoms with van der Waals surface area (Å²) in [4.78, 5) is 0. The summed E-state index contributed by atoms with van der Waals surface area (Å²) in [6.07, 6.45) is 0. The maximum atomic E-state index is 8.59. The SMILES string of the molecule is O=[Se](=O)([O-])[O-].O=[Se](=O)([O-])[O-].[Co+2].[K+].[K+]. The Morgan fingerprint density at radius 1 is 0.615 bits per heavy atom. The first-order chi connectivity index (χ1) is 4.00. The van der Waals surface area contributed by atoms with Crippen molar-refractivity contribution < 1.29 is 152 Å². The fourth-order valence-corrected chi connectivity index (χ4v) is 0. The third kappa shape index (κ3) is 205. The molecule has 0 aliphatic rings. The minimum atomic E-state index is -5.75. The second-order valence-electron chi connectivity index (χ2n) is 0.816. The van der Waals surface area contributed by atoms with E-state index in [9.17, 15) is 0 Å². The van der Waals surface area contributed by atoms with Gasteiger partial charge in [0.1, 0.15) is 0 Å². The molecular weight excluding hydrogens is 423 g/mol. The summed E-state index contributed by atoms with van der Waals surface area (Å²) in [5.74, 6) is 0. The van der Waals surface area contributed by atoms with Gasteiger partial charge in [0.25, 0.3) is 0 Å². The van der Waals surface area contributed by atoms with Crippen LogP contribution in [0.2, 0.25) is 0 Å². The molecule has 0 aromatic carbocycles. The van der Waals surface area contributed by atoms with Gasteiger partial charge < -0.3 is 0 Å². The van der Waals surface area contributed by atoms with E-state index >= 15 is 0 Å². The van der Waals surface area contributed by atoms with E-state index in [-0.39, 0.29) is 120 Å². The maximum absolute atomic E-state index is 8.59. The van der Waals surface area contributed by atoms with Crippen LogP contribution in [0.1, 0.15) is 0 Å². The Morgan fingerprint density at radius 2 is 0.615 bits per heavy atom. The van der Waals surface area contributed by atoms with Crippen LogP contribution in [-0.4, -0.2) is 26.7 Å². The molecule has 71 valence electrons. The molecule has 0 aromatic rings.